The Morgan fingerprint density at radius 2 is 1.50 bits per heavy atom. The van der Waals surface area contributed by atoms with Gasteiger partial charge in [-0.25, -0.2) is 13.2 Å². The highest BCUT2D eigenvalue weighted by Gasteiger charge is 2.07. The molecule has 4 heteroatoms. The number of halogens is 3. The van der Waals surface area contributed by atoms with Crippen molar-refractivity contribution >= 4 is 10.8 Å². The van der Waals surface area contributed by atoms with Crippen LogP contribution in [0.2, 0.25) is 0 Å². The molecule has 0 unspecified atom stereocenters. The van der Waals surface area contributed by atoms with E-state index >= 15 is 0 Å². The Hall–Kier alpha value is -3.71. The summed E-state index contributed by atoms with van der Waals surface area (Å²) < 4.78 is 47.1. The minimum atomic E-state index is -0.893. The molecule has 4 aromatic carbocycles. The standard InChI is InChI=1S/C26H17F3O/c1-2-30-22-11-8-18(9-12-22)20-7-6-19(25(28)16-20)5-3-17-4-13-23-21(15-17)10-14-24(27)26(23)29/h4,6-16H,2H2,1H3. The van der Waals surface area contributed by atoms with Crippen LogP contribution in [0.3, 0.4) is 0 Å². The van der Waals surface area contributed by atoms with Crippen LogP contribution in [0.25, 0.3) is 21.9 Å². The van der Waals surface area contributed by atoms with Crippen molar-refractivity contribution in [3.05, 3.63) is 101 Å². The van der Waals surface area contributed by atoms with Gasteiger partial charge in [-0.15, -0.1) is 0 Å². The molecule has 1 nitrogen and oxygen atoms in total. The third-order valence-electron chi connectivity index (χ3n) is 4.72. The predicted octanol–water partition coefficient (Wildman–Crippen LogP) is 6.72. The summed E-state index contributed by atoms with van der Waals surface area (Å²) in [7, 11) is 0. The Labute approximate surface area is 172 Å². The zero-order chi connectivity index (χ0) is 21.1. The van der Waals surface area contributed by atoms with Gasteiger partial charge in [0, 0.05) is 10.9 Å². The Bertz CT molecular complexity index is 1280. The Balaban J connectivity index is 1.60. The summed E-state index contributed by atoms with van der Waals surface area (Å²) in [5, 5.41) is 0.721. The van der Waals surface area contributed by atoms with E-state index in [0.29, 0.717) is 17.6 Å². The normalized spacial score (nSPS) is 10.5. The summed E-state index contributed by atoms with van der Waals surface area (Å²) in [5.41, 5.74) is 2.46. The smallest absolute Gasteiger partial charge is 0.166 e. The number of fused-ring (bicyclic) bond motifs is 1. The van der Waals surface area contributed by atoms with Crippen molar-refractivity contribution in [1.82, 2.24) is 0 Å². The fourth-order valence-electron chi connectivity index (χ4n) is 3.19. The molecular weight excluding hydrogens is 385 g/mol. The molecule has 0 aliphatic carbocycles. The fraction of sp³-hybridized carbons (Fsp3) is 0.0769. The molecule has 0 aromatic heterocycles. The number of benzene rings is 4. The lowest BCUT2D eigenvalue weighted by Gasteiger charge is -2.06. The molecule has 0 bridgehead atoms. The van der Waals surface area contributed by atoms with Crippen LogP contribution >= 0.6 is 0 Å². The summed E-state index contributed by atoms with van der Waals surface area (Å²) in [6.07, 6.45) is 0. The molecule has 0 spiro atoms. The van der Waals surface area contributed by atoms with Crippen LogP contribution in [0.15, 0.2) is 72.8 Å². The van der Waals surface area contributed by atoms with Crippen molar-refractivity contribution in [2.45, 2.75) is 6.92 Å². The Morgan fingerprint density at radius 3 is 2.23 bits per heavy atom. The molecule has 0 amide bonds. The quantitative estimate of drug-likeness (QED) is 0.346. The lowest BCUT2D eigenvalue weighted by atomic mass is 10.0. The van der Waals surface area contributed by atoms with Crippen LogP contribution in [0.1, 0.15) is 18.1 Å². The molecule has 0 N–H and O–H groups in total. The third kappa shape index (κ3) is 4.01. The molecule has 0 saturated carbocycles. The largest absolute Gasteiger partial charge is 0.494 e. The van der Waals surface area contributed by atoms with Gasteiger partial charge >= 0.3 is 0 Å². The SMILES string of the molecule is CCOc1ccc(-c2ccc(C#Cc3ccc4c(F)c(F)ccc4c3)c(F)c2)cc1. The van der Waals surface area contributed by atoms with E-state index in [4.69, 9.17) is 4.74 Å². The fourth-order valence-corrected chi connectivity index (χ4v) is 3.19. The van der Waals surface area contributed by atoms with Crippen molar-refractivity contribution in [2.75, 3.05) is 6.61 Å². The van der Waals surface area contributed by atoms with E-state index < -0.39 is 17.5 Å². The molecule has 0 heterocycles. The molecule has 30 heavy (non-hydrogen) atoms. The van der Waals surface area contributed by atoms with Crippen LogP contribution in [0.5, 0.6) is 5.75 Å². The van der Waals surface area contributed by atoms with E-state index in [2.05, 4.69) is 11.8 Å². The van der Waals surface area contributed by atoms with E-state index in [1.54, 1.807) is 24.3 Å². The van der Waals surface area contributed by atoms with Gasteiger partial charge in [0.15, 0.2) is 11.6 Å². The number of ether oxygens (including phenoxy) is 1. The van der Waals surface area contributed by atoms with Crippen molar-refractivity contribution in [1.29, 1.82) is 0 Å². The molecule has 0 saturated heterocycles. The zero-order valence-corrected chi connectivity index (χ0v) is 16.2. The van der Waals surface area contributed by atoms with Crippen molar-refractivity contribution in [2.24, 2.45) is 0 Å². The summed E-state index contributed by atoms with van der Waals surface area (Å²) in [4.78, 5) is 0. The second-order valence-corrected chi connectivity index (χ2v) is 6.70. The van der Waals surface area contributed by atoms with Gasteiger partial charge in [0.05, 0.1) is 12.2 Å². The molecule has 0 aliphatic rings. The minimum Gasteiger partial charge on any atom is -0.494 e. The summed E-state index contributed by atoms with van der Waals surface area (Å²) >= 11 is 0. The maximum Gasteiger partial charge on any atom is 0.166 e. The topological polar surface area (TPSA) is 9.23 Å². The summed E-state index contributed by atoms with van der Waals surface area (Å²) in [5.74, 6) is 4.26. The first-order chi connectivity index (χ1) is 14.5. The Morgan fingerprint density at radius 1 is 0.733 bits per heavy atom. The average molecular weight is 402 g/mol. The van der Waals surface area contributed by atoms with Crippen LogP contribution in [-0.4, -0.2) is 6.61 Å². The van der Waals surface area contributed by atoms with Crippen LogP contribution in [0, 0.1) is 29.3 Å². The molecule has 148 valence electrons. The predicted molar refractivity (Wildman–Crippen MR) is 113 cm³/mol. The van der Waals surface area contributed by atoms with Crippen molar-refractivity contribution < 1.29 is 17.9 Å². The number of rotatable bonds is 3. The zero-order valence-electron chi connectivity index (χ0n) is 16.2. The van der Waals surface area contributed by atoms with Crippen LogP contribution in [0.4, 0.5) is 13.2 Å². The van der Waals surface area contributed by atoms with Crippen LogP contribution < -0.4 is 4.74 Å². The minimum absolute atomic E-state index is 0.187. The van der Waals surface area contributed by atoms with Crippen molar-refractivity contribution in [3.63, 3.8) is 0 Å². The molecule has 4 rings (SSSR count). The first kappa shape index (κ1) is 19.6. The van der Waals surface area contributed by atoms with Gasteiger partial charge < -0.3 is 4.74 Å². The highest BCUT2D eigenvalue weighted by atomic mass is 19.2. The van der Waals surface area contributed by atoms with E-state index in [9.17, 15) is 13.2 Å². The van der Waals surface area contributed by atoms with Gasteiger partial charge in [0.1, 0.15) is 11.6 Å². The average Bonchev–Trinajstić information content (AvgIpc) is 2.76. The van der Waals surface area contributed by atoms with Gasteiger partial charge in [-0.05, 0) is 65.9 Å². The van der Waals surface area contributed by atoms with Gasteiger partial charge in [-0.2, -0.15) is 0 Å². The maximum atomic E-state index is 14.6. The second kappa shape index (κ2) is 8.34. The summed E-state index contributed by atoms with van der Waals surface area (Å²) in [6, 6.07) is 19.6. The van der Waals surface area contributed by atoms with Gasteiger partial charge in [0.25, 0.3) is 0 Å². The summed E-state index contributed by atoms with van der Waals surface area (Å²) in [6.45, 7) is 2.50. The third-order valence-corrected chi connectivity index (χ3v) is 4.72. The van der Waals surface area contributed by atoms with Crippen molar-refractivity contribution in [3.8, 4) is 28.7 Å². The first-order valence-corrected chi connectivity index (χ1v) is 9.47. The van der Waals surface area contributed by atoms with Gasteiger partial charge in [0.2, 0.25) is 0 Å². The van der Waals surface area contributed by atoms with Crippen LogP contribution in [-0.2, 0) is 0 Å². The highest BCUT2D eigenvalue weighted by Crippen LogP contribution is 2.25. The second-order valence-electron chi connectivity index (χ2n) is 6.70. The molecule has 0 radical (unpaired) electrons. The molecular formula is C26H17F3O. The number of hydrogen-bond donors (Lipinski definition) is 0. The van der Waals surface area contributed by atoms with E-state index in [0.717, 1.165) is 22.9 Å². The van der Waals surface area contributed by atoms with E-state index in [1.165, 1.54) is 18.2 Å². The molecule has 4 aromatic rings. The van der Waals surface area contributed by atoms with Gasteiger partial charge in [-0.3, -0.25) is 0 Å². The molecule has 0 aliphatic heterocycles. The monoisotopic (exact) mass is 402 g/mol. The molecule has 0 atom stereocenters. The van der Waals surface area contributed by atoms with E-state index in [-0.39, 0.29) is 10.9 Å². The Kier molecular flexibility index (Phi) is 5.45. The first-order valence-electron chi connectivity index (χ1n) is 9.47. The number of hydrogen-bond acceptors (Lipinski definition) is 1. The van der Waals surface area contributed by atoms with Gasteiger partial charge in [-0.1, -0.05) is 42.2 Å². The maximum absolute atomic E-state index is 14.6. The molecule has 0 fully saturated rings. The lowest BCUT2D eigenvalue weighted by Crippen LogP contribution is -1.91. The highest BCUT2D eigenvalue weighted by molar-refractivity contribution is 5.84. The lowest BCUT2D eigenvalue weighted by molar-refractivity contribution is 0.340. The van der Waals surface area contributed by atoms with E-state index in [1.807, 2.05) is 31.2 Å².